The number of aromatic nitrogens is 3. The van der Waals surface area contributed by atoms with E-state index in [1.54, 1.807) is 23.1 Å². The highest BCUT2D eigenvalue weighted by molar-refractivity contribution is 7.13. The van der Waals surface area contributed by atoms with E-state index in [1.165, 1.54) is 0 Å². The maximum atomic E-state index is 12.4. The molecule has 0 saturated heterocycles. The number of nitrogens with one attached hydrogen (secondary N) is 1. The van der Waals surface area contributed by atoms with Crippen LogP contribution in [0.2, 0.25) is 0 Å². The fourth-order valence-corrected chi connectivity index (χ4v) is 3.42. The number of amides is 1. The molecule has 0 atom stereocenters. The van der Waals surface area contributed by atoms with Gasteiger partial charge >= 0.3 is 6.01 Å². The number of ether oxygens (including phenoxy) is 1. The lowest BCUT2D eigenvalue weighted by molar-refractivity contribution is 0.102. The molecule has 1 amide bonds. The van der Waals surface area contributed by atoms with Crippen LogP contribution in [0.3, 0.4) is 0 Å². The van der Waals surface area contributed by atoms with Gasteiger partial charge in [0.15, 0.2) is 5.82 Å². The Kier molecular flexibility index (Phi) is 4.90. The Labute approximate surface area is 166 Å². The molecule has 2 aromatic carbocycles. The van der Waals surface area contributed by atoms with Crippen molar-refractivity contribution >= 4 is 22.9 Å². The number of hydrogen-bond donors (Lipinski definition) is 1. The van der Waals surface area contributed by atoms with Crippen LogP contribution < -0.4 is 10.1 Å². The van der Waals surface area contributed by atoms with Crippen molar-refractivity contribution in [1.29, 1.82) is 0 Å². The highest BCUT2D eigenvalue weighted by Gasteiger charge is 2.15. The first-order valence-corrected chi connectivity index (χ1v) is 9.55. The third-order valence-electron chi connectivity index (χ3n) is 4.20. The first kappa shape index (κ1) is 17.9. The Morgan fingerprint density at radius 1 is 1.07 bits per heavy atom. The first-order chi connectivity index (χ1) is 13.6. The Bertz CT molecular complexity index is 1080. The second-order valence-corrected chi connectivity index (χ2v) is 7.13. The molecule has 1 N–H and O–H groups in total. The first-order valence-electron chi connectivity index (χ1n) is 8.67. The van der Waals surface area contributed by atoms with Crippen molar-refractivity contribution in [1.82, 2.24) is 14.8 Å². The molecule has 0 aliphatic heterocycles. The van der Waals surface area contributed by atoms with E-state index in [0.717, 1.165) is 16.1 Å². The van der Waals surface area contributed by atoms with Gasteiger partial charge < -0.3 is 10.1 Å². The summed E-state index contributed by atoms with van der Waals surface area (Å²) in [6, 6.07) is 19.2. The molecule has 2 aromatic heterocycles. The minimum absolute atomic E-state index is 0.144. The average Bonchev–Trinajstić information content (AvgIpc) is 3.38. The number of aryl methyl sites for hydroxylation is 1. The van der Waals surface area contributed by atoms with Crippen molar-refractivity contribution in [2.24, 2.45) is 0 Å². The SMILES string of the molecule is COc1nc(-c2cccs2)n(-c2ccc(NC(=O)c3ccc(C)cc3)cc2)n1. The molecule has 0 aliphatic carbocycles. The van der Waals surface area contributed by atoms with E-state index < -0.39 is 0 Å². The predicted octanol–water partition coefficient (Wildman–Crippen LogP) is 4.57. The summed E-state index contributed by atoms with van der Waals surface area (Å²) in [6.07, 6.45) is 0. The monoisotopic (exact) mass is 390 g/mol. The Morgan fingerprint density at radius 2 is 1.82 bits per heavy atom. The van der Waals surface area contributed by atoms with Crippen molar-refractivity contribution < 1.29 is 9.53 Å². The van der Waals surface area contributed by atoms with Gasteiger partial charge in [0.05, 0.1) is 17.7 Å². The van der Waals surface area contributed by atoms with Gasteiger partial charge in [-0.15, -0.1) is 16.4 Å². The van der Waals surface area contributed by atoms with Gasteiger partial charge in [-0.2, -0.15) is 4.98 Å². The highest BCUT2D eigenvalue weighted by Crippen LogP contribution is 2.27. The van der Waals surface area contributed by atoms with Gasteiger partial charge in [-0.25, -0.2) is 4.68 Å². The summed E-state index contributed by atoms with van der Waals surface area (Å²) in [7, 11) is 1.54. The Morgan fingerprint density at radius 3 is 2.46 bits per heavy atom. The molecule has 0 radical (unpaired) electrons. The fourth-order valence-electron chi connectivity index (χ4n) is 2.72. The maximum Gasteiger partial charge on any atom is 0.336 e. The van der Waals surface area contributed by atoms with Gasteiger partial charge in [-0.3, -0.25) is 4.79 Å². The number of anilines is 1. The van der Waals surface area contributed by atoms with Gasteiger partial charge in [0, 0.05) is 11.3 Å². The standard InChI is InChI=1S/C21H18N4O2S/c1-14-5-7-15(8-6-14)20(26)22-16-9-11-17(12-10-16)25-19(18-4-3-13-28-18)23-21(24-25)27-2/h3-13H,1-2H3,(H,22,26). The van der Waals surface area contributed by atoms with E-state index >= 15 is 0 Å². The molecule has 0 spiro atoms. The third-order valence-corrected chi connectivity index (χ3v) is 5.06. The molecule has 28 heavy (non-hydrogen) atoms. The van der Waals surface area contributed by atoms with E-state index in [9.17, 15) is 4.79 Å². The van der Waals surface area contributed by atoms with Crippen LogP contribution in [0.1, 0.15) is 15.9 Å². The number of carbonyl (C=O) groups excluding carboxylic acids is 1. The summed E-state index contributed by atoms with van der Waals surface area (Å²) in [4.78, 5) is 17.8. The molecule has 140 valence electrons. The lowest BCUT2D eigenvalue weighted by atomic mass is 10.1. The molecule has 4 rings (SSSR count). The number of benzene rings is 2. The predicted molar refractivity (Wildman–Crippen MR) is 110 cm³/mol. The lowest BCUT2D eigenvalue weighted by Crippen LogP contribution is -2.11. The van der Waals surface area contributed by atoms with E-state index in [-0.39, 0.29) is 5.91 Å². The van der Waals surface area contributed by atoms with E-state index in [4.69, 9.17) is 4.74 Å². The zero-order valence-electron chi connectivity index (χ0n) is 15.4. The molecule has 0 bridgehead atoms. The van der Waals surface area contributed by atoms with Crippen molar-refractivity contribution in [3.8, 4) is 22.4 Å². The van der Waals surface area contributed by atoms with Gasteiger partial charge in [0.25, 0.3) is 5.91 Å². The van der Waals surface area contributed by atoms with Gasteiger partial charge in [-0.1, -0.05) is 23.8 Å². The minimum atomic E-state index is -0.144. The largest absolute Gasteiger partial charge is 0.466 e. The quantitative estimate of drug-likeness (QED) is 0.542. The van der Waals surface area contributed by atoms with Crippen LogP contribution in [0, 0.1) is 6.92 Å². The van der Waals surface area contributed by atoms with Gasteiger partial charge in [0.2, 0.25) is 0 Å². The lowest BCUT2D eigenvalue weighted by Gasteiger charge is -2.08. The Balaban J connectivity index is 1.58. The molecular formula is C21H18N4O2S. The second-order valence-electron chi connectivity index (χ2n) is 6.18. The summed E-state index contributed by atoms with van der Waals surface area (Å²) in [5.74, 6) is 0.567. The topological polar surface area (TPSA) is 69.0 Å². The Hall–Kier alpha value is -3.45. The molecule has 6 nitrogen and oxygen atoms in total. The van der Waals surface area contributed by atoms with Crippen LogP contribution in [0.25, 0.3) is 16.4 Å². The average molecular weight is 390 g/mol. The van der Waals surface area contributed by atoms with Crippen molar-refractivity contribution in [2.45, 2.75) is 6.92 Å². The fraction of sp³-hybridized carbons (Fsp3) is 0.0952. The molecule has 0 unspecified atom stereocenters. The number of thiophene rings is 1. The van der Waals surface area contributed by atoms with Crippen LogP contribution in [-0.2, 0) is 0 Å². The van der Waals surface area contributed by atoms with Crippen LogP contribution >= 0.6 is 11.3 Å². The van der Waals surface area contributed by atoms with Crippen molar-refractivity contribution in [3.05, 3.63) is 77.2 Å². The van der Waals surface area contributed by atoms with Crippen LogP contribution in [0.15, 0.2) is 66.0 Å². The third kappa shape index (κ3) is 3.65. The molecule has 0 saturated carbocycles. The molecule has 7 heteroatoms. The van der Waals surface area contributed by atoms with Crippen LogP contribution in [0.4, 0.5) is 5.69 Å². The van der Waals surface area contributed by atoms with E-state index in [0.29, 0.717) is 23.1 Å². The van der Waals surface area contributed by atoms with Gasteiger partial charge in [-0.05, 0) is 54.8 Å². The van der Waals surface area contributed by atoms with Crippen LogP contribution in [-0.4, -0.2) is 27.8 Å². The number of nitrogens with zero attached hydrogens (tertiary/aromatic N) is 3. The number of hydrogen-bond acceptors (Lipinski definition) is 5. The molecule has 2 heterocycles. The van der Waals surface area contributed by atoms with Crippen LogP contribution in [0.5, 0.6) is 6.01 Å². The zero-order chi connectivity index (χ0) is 19.5. The maximum absolute atomic E-state index is 12.4. The van der Waals surface area contributed by atoms with E-state index in [2.05, 4.69) is 15.4 Å². The summed E-state index contributed by atoms with van der Waals surface area (Å²) >= 11 is 1.58. The minimum Gasteiger partial charge on any atom is -0.466 e. The molecule has 4 aromatic rings. The van der Waals surface area contributed by atoms with Crippen molar-refractivity contribution in [2.75, 3.05) is 12.4 Å². The molecule has 0 aliphatic rings. The number of methoxy groups -OCH3 is 1. The number of carbonyl (C=O) groups is 1. The summed E-state index contributed by atoms with van der Waals surface area (Å²) in [5, 5.41) is 9.30. The summed E-state index contributed by atoms with van der Waals surface area (Å²) in [5.41, 5.74) is 3.27. The molecular weight excluding hydrogens is 372 g/mol. The second kappa shape index (κ2) is 7.66. The zero-order valence-corrected chi connectivity index (χ0v) is 16.2. The summed E-state index contributed by atoms with van der Waals surface area (Å²) in [6.45, 7) is 1.99. The number of rotatable bonds is 5. The highest BCUT2D eigenvalue weighted by atomic mass is 32.1. The summed E-state index contributed by atoms with van der Waals surface area (Å²) < 4.78 is 6.93. The smallest absolute Gasteiger partial charge is 0.336 e. The van der Waals surface area contributed by atoms with Crippen molar-refractivity contribution in [3.63, 3.8) is 0 Å². The molecule has 0 fully saturated rings. The van der Waals surface area contributed by atoms with Gasteiger partial charge in [0.1, 0.15) is 0 Å². The van der Waals surface area contributed by atoms with E-state index in [1.807, 2.05) is 73.0 Å². The normalized spacial score (nSPS) is 10.6.